The first-order valence-corrected chi connectivity index (χ1v) is 4.62. The van der Waals surface area contributed by atoms with E-state index in [1.807, 2.05) is 0 Å². The van der Waals surface area contributed by atoms with Crippen LogP contribution in [-0.4, -0.2) is 9.97 Å². The zero-order chi connectivity index (χ0) is 10.4. The van der Waals surface area contributed by atoms with Gasteiger partial charge in [0, 0.05) is 5.39 Å². The molecular formula is C10H4ClFN2O. The third-order valence-corrected chi connectivity index (χ3v) is 2.44. The summed E-state index contributed by atoms with van der Waals surface area (Å²) in [5, 5.41) is 0.839. The molecule has 2 aromatic heterocycles. The summed E-state index contributed by atoms with van der Waals surface area (Å²) in [5.41, 5.74) is 1.47. The van der Waals surface area contributed by atoms with Crippen LogP contribution in [0, 0.1) is 5.82 Å². The van der Waals surface area contributed by atoms with Crippen LogP contribution in [0.5, 0.6) is 0 Å². The van der Waals surface area contributed by atoms with Gasteiger partial charge in [-0.3, -0.25) is 0 Å². The predicted octanol–water partition coefficient (Wildman–Crippen LogP) is 3.17. The SMILES string of the molecule is Fc1ccc2oc3c(Cl)ncnc3c2c1. The molecule has 2 heterocycles. The van der Waals surface area contributed by atoms with Gasteiger partial charge >= 0.3 is 0 Å². The average molecular weight is 223 g/mol. The highest BCUT2D eigenvalue weighted by molar-refractivity contribution is 6.34. The number of halogens is 2. The molecule has 0 amide bonds. The van der Waals surface area contributed by atoms with Gasteiger partial charge in [0.2, 0.25) is 0 Å². The smallest absolute Gasteiger partial charge is 0.191 e. The Morgan fingerprint density at radius 2 is 2.13 bits per heavy atom. The van der Waals surface area contributed by atoms with Crippen molar-refractivity contribution in [1.29, 1.82) is 0 Å². The van der Waals surface area contributed by atoms with Crippen LogP contribution < -0.4 is 0 Å². The summed E-state index contributed by atoms with van der Waals surface area (Å²) in [6.45, 7) is 0. The highest BCUT2D eigenvalue weighted by Crippen LogP contribution is 2.30. The molecule has 0 spiro atoms. The van der Waals surface area contributed by atoms with Crippen LogP contribution in [0.15, 0.2) is 28.9 Å². The number of rotatable bonds is 0. The number of nitrogens with zero attached hydrogens (tertiary/aromatic N) is 2. The Kier molecular flexibility index (Phi) is 1.67. The maximum atomic E-state index is 13.0. The van der Waals surface area contributed by atoms with Gasteiger partial charge in [0.25, 0.3) is 0 Å². The molecule has 0 bridgehead atoms. The normalized spacial score (nSPS) is 11.3. The molecule has 15 heavy (non-hydrogen) atoms. The minimum absolute atomic E-state index is 0.233. The van der Waals surface area contributed by atoms with E-state index in [9.17, 15) is 4.39 Å². The van der Waals surface area contributed by atoms with E-state index in [4.69, 9.17) is 16.0 Å². The lowest BCUT2D eigenvalue weighted by atomic mass is 10.2. The molecule has 0 unspecified atom stereocenters. The second-order valence-electron chi connectivity index (χ2n) is 3.08. The van der Waals surface area contributed by atoms with Gasteiger partial charge in [0.05, 0.1) is 0 Å². The lowest BCUT2D eigenvalue weighted by Crippen LogP contribution is -1.79. The van der Waals surface area contributed by atoms with E-state index >= 15 is 0 Å². The highest BCUT2D eigenvalue weighted by atomic mass is 35.5. The van der Waals surface area contributed by atoms with E-state index in [1.54, 1.807) is 6.07 Å². The first-order valence-electron chi connectivity index (χ1n) is 4.24. The van der Waals surface area contributed by atoms with Crippen molar-refractivity contribution in [2.75, 3.05) is 0 Å². The van der Waals surface area contributed by atoms with Crippen LogP contribution in [0.4, 0.5) is 4.39 Å². The van der Waals surface area contributed by atoms with Crippen LogP contribution in [0.25, 0.3) is 22.1 Å². The first-order chi connectivity index (χ1) is 7.25. The zero-order valence-electron chi connectivity index (χ0n) is 7.37. The fraction of sp³-hybridized carbons (Fsp3) is 0. The Hall–Kier alpha value is -1.68. The second kappa shape index (κ2) is 2.90. The van der Waals surface area contributed by atoms with Crippen molar-refractivity contribution >= 4 is 33.7 Å². The molecule has 5 heteroatoms. The van der Waals surface area contributed by atoms with Crippen molar-refractivity contribution in [3.63, 3.8) is 0 Å². The summed E-state index contributed by atoms with van der Waals surface area (Å²) in [4.78, 5) is 7.81. The maximum Gasteiger partial charge on any atom is 0.191 e. The van der Waals surface area contributed by atoms with Crippen LogP contribution in [0.1, 0.15) is 0 Å². The van der Waals surface area contributed by atoms with Crippen LogP contribution >= 0.6 is 11.6 Å². The average Bonchev–Trinajstić information content (AvgIpc) is 2.58. The summed E-state index contributed by atoms with van der Waals surface area (Å²) in [5.74, 6) is -0.333. The molecule has 0 aliphatic heterocycles. The summed E-state index contributed by atoms with van der Waals surface area (Å²) in [6.07, 6.45) is 1.32. The molecule has 74 valence electrons. The van der Waals surface area contributed by atoms with Gasteiger partial charge in [-0.2, -0.15) is 0 Å². The van der Waals surface area contributed by atoms with Crippen molar-refractivity contribution in [3.05, 3.63) is 35.5 Å². The quantitative estimate of drug-likeness (QED) is 0.549. The third-order valence-electron chi connectivity index (χ3n) is 2.17. The van der Waals surface area contributed by atoms with Crippen LogP contribution in [0.2, 0.25) is 5.15 Å². The van der Waals surface area contributed by atoms with E-state index in [2.05, 4.69) is 9.97 Å². The minimum Gasteiger partial charge on any atom is -0.451 e. The third kappa shape index (κ3) is 1.18. The number of benzene rings is 1. The molecule has 1 aromatic carbocycles. The van der Waals surface area contributed by atoms with Crippen molar-refractivity contribution in [1.82, 2.24) is 9.97 Å². The Labute approximate surface area is 88.5 Å². The van der Waals surface area contributed by atoms with Gasteiger partial charge in [0.1, 0.15) is 23.2 Å². The first kappa shape index (κ1) is 8.61. The van der Waals surface area contributed by atoms with E-state index in [0.717, 1.165) is 0 Å². The number of furan rings is 1. The van der Waals surface area contributed by atoms with Gasteiger partial charge < -0.3 is 4.42 Å². The number of hydrogen-bond donors (Lipinski definition) is 0. The molecule has 0 saturated heterocycles. The van der Waals surface area contributed by atoms with Crippen molar-refractivity contribution in [2.24, 2.45) is 0 Å². The van der Waals surface area contributed by atoms with Gasteiger partial charge in [-0.05, 0) is 18.2 Å². The lowest BCUT2D eigenvalue weighted by molar-refractivity contribution is 0.626. The molecule has 0 radical (unpaired) electrons. The van der Waals surface area contributed by atoms with Crippen molar-refractivity contribution in [3.8, 4) is 0 Å². The molecule has 3 aromatic rings. The van der Waals surface area contributed by atoms with E-state index in [0.29, 0.717) is 22.1 Å². The molecule has 0 fully saturated rings. The van der Waals surface area contributed by atoms with Gasteiger partial charge in [0.15, 0.2) is 10.7 Å². The molecule has 3 rings (SSSR count). The zero-order valence-corrected chi connectivity index (χ0v) is 8.12. The van der Waals surface area contributed by atoms with Crippen molar-refractivity contribution in [2.45, 2.75) is 0 Å². The lowest BCUT2D eigenvalue weighted by Gasteiger charge is -1.88. The van der Waals surface area contributed by atoms with E-state index < -0.39 is 0 Å². The number of fused-ring (bicyclic) bond motifs is 3. The standard InChI is InChI=1S/C10H4ClFN2O/c11-10-9-8(13-4-14-10)6-3-5(12)1-2-7(6)15-9/h1-4H. The number of hydrogen-bond acceptors (Lipinski definition) is 3. The summed E-state index contributed by atoms with van der Waals surface area (Å²) < 4.78 is 18.4. The molecule has 0 saturated carbocycles. The van der Waals surface area contributed by atoms with Gasteiger partial charge in [-0.15, -0.1) is 0 Å². The number of aromatic nitrogens is 2. The Morgan fingerprint density at radius 3 is 3.00 bits per heavy atom. The largest absolute Gasteiger partial charge is 0.451 e. The fourth-order valence-corrected chi connectivity index (χ4v) is 1.69. The Morgan fingerprint density at radius 1 is 1.27 bits per heavy atom. The Bertz CT molecular complexity index is 665. The molecule has 0 aliphatic rings. The minimum atomic E-state index is -0.333. The Balaban J connectivity index is 2.58. The maximum absolute atomic E-state index is 13.0. The van der Waals surface area contributed by atoms with Gasteiger partial charge in [-0.25, -0.2) is 14.4 Å². The van der Waals surface area contributed by atoms with Gasteiger partial charge in [-0.1, -0.05) is 11.6 Å². The highest BCUT2D eigenvalue weighted by Gasteiger charge is 2.11. The molecule has 0 aliphatic carbocycles. The van der Waals surface area contributed by atoms with Crippen LogP contribution in [-0.2, 0) is 0 Å². The summed E-state index contributed by atoms with van der Waals surface area (Å²) in [7, 11) is 0. The fourth-order valence-electron chi connectivity index (χ4n) is 1.52. The molecular weight excluding hydrogens is 219 g/mol. The van der Waals surface area contributed by atoms with E-state index in [-0.39, 0.29) is 11.0 Å². The summed E-state index contributed by atoms with van der Waals surface area (Å²) >= 11 is 5.83. The van der Waals surface area contributed by atoms with Crippen molar-refractivity contribution < 1.29 is 8.81 Å². The van der Waals surface area contributed by atoms with Crippen LogP contribution in [0.3, 0.4) is 0 Å². The second-order valence-corrected chi connectivity index (χ2v) is 3.44. The molecule has 3 nitrogen and oxygen atoms in total. The monoisotopic (exact) mass is 222 g/mol. The predicted molar refractivity (Wildman–Crippen MR) is 54.3 cm³/mol. The van der Waals surface area contributed by atoms with E-state index in [1.165, 1.54) is 18.5 Å². The summed E-state index contributed by atoms with van der Waals surface area (Å²) in [6, 6.07) is 4.24. The molecule has 0 N–H and O–H groups in total. The topological polar surface area (TPSA) is 38.9 Å². The molecule has 0 atom stereocenters.